The zero-order valence-electron chi connectivity index (χ0n) is 22.7. The third-order valence-electron chi connectivity index (χ3n) is 6.78. The van der Waals surface area contributed by atoms with E-state index in [4.69, 9.17) is 23.4 Å². The van der Waals surface area contributed by atoms with Crippen LogP contribution in [-0.2, 0) is 14.3 Å². The lowest BCUT2D eigenvalue weighted by Crippen LogP contribution is -2.60. The fourth-order valence-corrected chi connectivity index (χ4v) is 4.53. The summed E-state index contributed by atoms with van der Waals surface area (Å²) in [4.78, 5) is 25.1. The topological polar surface area (TPSA) is 185 Å². The van der Waals surface area contributed by atoms with Gasteiger partial charge in [0.25, 0.3) is 0 Å². The van der Waals surface area contributed by atoms with Crippen molar-refractivity contribution < 1.29 is 53.7 Å². The van der Waals surface area contributed by atoms with Gasteiger partial charge in [0.05, 0.1) is 7.11 Å². The van der Waals surface area contributed by atoms with Crippen molar-refractivity contribution in [2.45, 2.75) is 30.7 Å². The first-order chi connectivity index (χ1) is 20.7. The Morgan fingerprint density at radius 3 is 2.37 bits per heavy atom. The number of phenols is 2. The number of carbonyl (C=O) groups excluding carboxylic acids is 1. The average Bonchev–Trinajstić information content (AvgIpc) is 3.00. The second-order valence-corrected chi connectivity index (χ2v) is 9.66. The van der Waals surface area contributed by atoms with Crippen LogP contribution >= 0.6 is 0 Å². The zero-order valence-corrected chi connectivity index (χ0v) is 22.7. The molecule has 0 saturated carbocycles. The fraction of sp³-hybridized carbons (Fsp3) is 0.226. The van der Waals surface area contributed by atoms with E-state index < -0.39 is 54.5 Å². The number of ether oxygens (including phenoxy) is 4. The number of hydrogen-bond acceptors (Lipinski definition) is 12. The van der Waals surface area contributed by atoms with E-state index in [2.05, 4.69) is 0 Å². The summed E-state index contributed by atoms with van der Waals surface area (Å²) in [6.07, 6.45) is -5.41. The molecule has 0 aliphatic carbocycles. The van der Waals surface area contributed by atoms with E-state index in [9.17, 15) is 35.1 Å². The van der Waals surface area contributed by atoms with Gasteiger partial charge >= 0.3 is 5.97 Å². The molecule has 5 rings (SSSR count). The predicted octanol–water partition coefficient (Wildman–Crippen LogP) is 2.32. The van der Waals surface area contributed by atoms with Gasteiger partial charge in [0.15, 0.2) is 16.9 Å². The molecule has 12 nitrogen and oxygen atoms in total. The molecule has 1 fully saturated rings. The number of esters is 1. The van der Waals surface area contributed by atoms with Gasteiger partial charge in [-0.05, 0) is 35.9 Å². The lowest BCUT2D eigenvalue weighted by molar-refractivity contribution is -0.278. The van der Waals surface area contributed by atoms with Crippen molar-refractivity contribution in [3.63, 3.8) is 0 Å². The van der Waals surface area contributed by atoms with Gasteiger partial charge in [0.1, 0.15) is 53.5 Å². The first-order valence-corrected chi connectivity index (χ1v) is 13.1. The highest BCUT2D eigenvalue weighted by Crippen LogP contribution is 2.43. The molecule has 0 amide bonds. The summed E-state index contributed by atoms with van der Waals surface area (Å²) < 4.78 is 27.7. The van der Waals surface area contributed by atoms with Crippen LogP contribution in [0.2, 0.25) is 0 Å². The quantitative estimate of drug-likeness (QED) is 0.149. The number of carbonyl (C=O) groups is 1. The van der Waals surface area contributed by atoms with Crippen LogP contribution in [0.4, 0.5) is 0 Å². The molecule has 3 aromatic carbocycles. The van der Waals surface area contributed by atoms with Crippen molar-refractivity contribution in [3.8, 4) is 34.3 Å². The Hall–Kier alpha value is -4.88. The summed E-state index contributed by atoms with van der Waals surface area (Å²) >= 11 is 0. The molecule has 4 aromatic rings. The van der Waals surface area contributed by atoms with E-state index in [1.165, 1.54) is 55.7 Å². The molecule has 2 heterocycles. The highest BCUT2D eigenvalue weighted by atomic mass is 16.7. The molecule has 1 aliphatic heterocycles. The summed E-state index contributed by atoms with van der Waals surface area (Å²) in [7, 11) is 1.21. The lowest BCUT2D eigenvalue weighted by atomic mass is 9.99. The largest absolute Gasteiger partial charge is 0.508 e. The number of hydrogen-bond donors (Lipinski definition) is 5. The summed E-state index contributed by atoms with van der Waals surface area (Å²) in [5.41, 5.74) is 0.528. The second kappa shape index (κ2) is 12.5. The Labute approximate surface area is 244 Å². The number of fused-ring (bicyclic) bond motifs is 1. The molecule has 5 unspecified atom stereocenters. The zero-order chi connectivity index (χ0) is 30.7. The molecule has 0 radical (unpaired) electrons. The SMILES string of the molecule is COc1c(OC2OC(COC(=O)C=Cc3ccccc3)C(O)C(O)C2O)cc2oc(-c3ccc(O)cc3)cc(=O)c2c1O. The minimum absolute atomic E-state index is 0.0139. The smallest absolute Gasteiger partial charge is 0.330 e. The molecule has 5 N–H and O–H groups in total. The van der Waals surface area contributed by atoms with Gasteiger partial charge in [0, 0.05) is 23.8 Å². The van der Waals surface area contributed by atoms with Crippen LogP contribution in [0.1, 0.15) is 5.56 Å². The van der Waals surface area contributed by atoms with E-state index in [0.717, 1.165) is 5.56 Å². The Balaban J connectivity index is 1.39. The van der Waals surface area contributed by atoms with Gasteiger partial charge in [-0.15, -0.1) is 0 Å². The Morgan fingerprint density at radius 1 is 0.953 bits per heavy atom. The highest BCUT2D eigenvalue weighted by Gasteiger charge is 2.46. The van der Waals surface area contributed by atoms with Crippen molar-refractivity contribution in [1.29, 1.82) is 0 Å². The summed E-state index contributed by atoms with van der Waals surface area (Å²) in [6.45, 7) is -0.492. The summed E-state index contributed by atoms with van der Waals surface area (Å²) in [6, 6.07) is 17.3. The Morgan fingerprint density at radius 2 is 1.67 bits per heavy atom. The van der Waals surface area contributed by atoms with Gasteiger partial charge < -0.3 is 48.9 Å². The number of aliphatic hydroxyl groups excluding tert-OH is 3. The van der Waals surface area contributed by atoms with Crippen LogP contribution in [0, 0.1) is 0 Å². The molecule has 0 spiro atoms. The van der Waals surface area contributed by atoms with E-state index >= 15 is 0 Å². The Kier molecular flexibility index (Phi) is 8.64. The van der Waals surface area contributed by atoms with E-state index in [-0.39, 0.29) is 34.0 Å². The van der Waals surface area contributed by atoms with Gasteiger partial charge in [-0.1, -0.05) is 30.3 Å². The molecular weight excluding hydrogens is 564 g/mol. The maximum atomic E-state index is 12.9. The van der Waals surface area contributed by atoms with Crippen LogP contribution in [0.15, 0.2) is 82.0 Å². The molecule has 43 heavy (non-hydrogen) atoms. The first kappa shape index (κ1) is 29.6. The third kappa shape index (κ3) is 6.32. The van der Waals surface area contributed by atoms with Crippen molar-refractivity contribution in [1.82, 2.24) is 0 Å². The maximum absolute atomic E-state index is 12.9. The average molecular weight is 593 g/mol. The predicted molar refractivity (Wildman–Crippen MR) is 152 cm³/mol. The van der Waals surface area contributed by atoms with Crippen LogP contribution in [-0.4, -0.2) is 75.9 Å². The second-order valence-electron chi connectivity index (χ2n) is 9.66. The Bertz CT molecular complexity index is 1680. The highest BCUT2D eigenvalue weighted by molar-refractivity contribution is 5.89. The van der Waals surface area contributed by atoms with Crippen LogP contribution in [0.3, 0.4) is 0 Å². The molecule has 5 atom stereocenters. The van der Waals surface area contributed by atoms with Crippen molar-refractivity contribution in [3.05, 3.63) is 88.6 Å². The van der Waals surface area contributed by atoms with E-state index in [1.807, 2.05) is 6.07 Å². The maximum Gasteiger partial charge on any atom is 0.330 e. The van der Waals surface area contributed by atoms with Crippen LogP contribution in [0.25, 0.3) is 28.4 Å². The van der Waals surface area contributed by atoms with Gasteiger partial charge in [-0.3, -0.25) is 4.79 Å². The van der Waals surface area contributed by atoms with Crippen molar-refractivity contribution in [2.24, 2.45) is 0 Å². The summed E-state index contributed by atoms with van der Waals surface area (Å²) in [5, 5.41) is 51.8. The number of aliphatic hydroxyl groups is 3. The molecular formula is C31H28O12. The van der Waals surface area contributed by atoms with E-state index in [0.29, 0.717) is 5.56 Å². The number of aromatic hydroxyl groups is 2. The summed E-state index contributed by atoms with van der Waals surface area (Å²) in [5.74, 6) is -1.72. The van der Waals surface area contributed by atoms with Gasteiger partial charge in [-0.2, -0.15) is 0 Å². The molecule has 224 valence electrons. The van der Waals surface area contributed by atoms with Crippen molar-refractivity contribution in [2.75, 3.05) is 13.7 Å². The molecule has 1 aromatic heterocycles. The van der Waals surface area contributed by atoms with Gasteiger partial charge in [-0.25, -0.2) is 4.79 Å². The fourth-order valence-electron chi connectivity index (χ4n) is 4.53. The van der Waals surface area contributed by atoms with Crippen molar-refractivity contribution >= 4 is 23.0 Å². The molecule has 0 bridgehead atoms. The lowest BCUT2D eigenvalue weighted by Gasteiger charge is -2.40. The van der Waals surface area contributed by atoms with E-state index in [1.54, 1.807) is 24.3 Å². The number of phenolic OH excluding ortho intramolecular Hbond substituents is 2. The first-order valence-electron chi connectivity index (χ1n) is 13.1. The molecule has 1 aliphatic rings. The van der Waals surface area contributed by atoms with Crippen LogP contribution < -0.4 is 14.9 Å². The minimum Gasteiger partial charge on any atom is -0.508 e. The van der Waals surface area contributed by atoms with Gasteiger partial charge in [0.2, 0.25) is 12.0 Å². The minimum atomic E-state index is -1.78. The standard InChI is InChI=1S/C31H28O12/c1-39-30-22(14-21-25(27(30)36)19(33)13-20(41-21)17-8-10-18(32)11-9-17)42-31-29(38)28(37)26(35)23(43-31)15-40-24(34)12-7-16-5-3-2-4-6-16/h2-14,23,26,28-29,31-32,35-38H,15H2,1H3. The molecule has 12 heteroatoms. The monoisotopic (exact) mass is 592 g/mol. The normalized spacial score (nSPS) is 22.0. The number of benzene rings is 3. The molecule has 1 saturated heterocycles. The number of methoxy groups -OCH3 is 1. The third-order valence-corrected chi connectivity index (χ3v) is 6.78. The number of rotatable bonds is 8. The van der Waals surface area contributed by atoms with Crippen LogP contribution in [0.5, 0.6) is 23.0 Å².